The number of aromatic nitrogens is 2. The van der Waals surface area contributed by atoms with E-state index in [1.54, 1.807) is 6.92 Å². The minimum Gasteiger partial charge on any atom is -0.368 e. The lowest BCUT2D eigenvalue weighted by Crippen LogP contribution is -2.20. The van der Waals surface area contributed by atoms with Crippen molar-refractivity contribution in [3.05, 3.63) is 17.5 Å². The number of hydrogen-bond donors (Lipinski definition) is 3. The Balaban J connectivity index is 3.09. The van der Waals surface area contributed by atoms with Crippen molar-refractivity contribution < 1.29 is 10.0 Å². The fourth-order valence-corrected chi connectivity index (χ4v) is 0.768. The zero-order chi connectivity index (χ0) is 9.14. The van der Waals surface area contributed by atoms with Gasteiger partial charge in [0.05, 0.1) is 11.3 Å². The molecule has 6 heteroatoms. The molecule has 6 nitrogen and oxygen atoms in total. The number of nitrogen functional groups attached to an aromatic ring is 1. The molecule has 0 aliphatic heterocycles. The molecule has 0 spiro atoms. The van der Waals surface area contributed by atoms with Gasteiger partial charge in [-0.3, -0.25) is 10.0 Å². The van der Waals surface area contributed by atoms with Crippen LogP contribution in [0.15, 0.2) is 6.20 Å². The summed E-state index contributed by atoms with van der Waals surface area (Å²) >= 11 is 0. The molecule has 1 heterocycles. The van der Waals surface area contributed by atoms with Crippen molar-refractivity contribution in [2.75, 3.05) is 5.73 Å². The molecule has 64 valence electrons. The molecule has 1 rings (SSSR count). The van der Waals surface area contributed by atoms with Crippen LogP contribution in [0, 0.1) is 6.92 Å². The Hall–Kier alpha value is -1.69. The van der Waals surface area contributed by atoms with E-state index in [0.29, 0.717) is 5.69 Å². The minimum atomic E-state index is -0.646. The first-order valence-corrected chi connectivity index (χ1v) is 3.18. The van der Waals surface area contributed by atoms with Crippen LogP contribution in [-0.2, 0) is 0 Å². The number of hydroxylamine groups is 1. The molecule has 0 atom stereocenters. The SMILES string of the molecule is Cc1nc(N)ncc1C(=O)NO. The van der Waals surface area contributed by atoms with Gasteiger partial charge in [-0.2, -0.15) is 0 Å². The van der Waals surface area contributed by atoms with Crippen LogP contribution in [0.1, 0.15) is 16.1 Å². The number of anilines is 1. The highest BCUT2D eigenvalue weighted by Crippen LogP contribution is 2.03. The first kappa shape index (κ1) is 8.41. The van der Waals surface area contributed by atoms with Crippen molar-refractivity contribution in [2.24, 2.45) is 0 Å². The zero-order valence-electron chi connectivity index (χ0n) is 6.40. The second kappa shape index (κ2) is 3.14. The van der Waals surface area contributed by atoms with Gasteiger partial charge in [0.15, 0.2) is 0 Å². The second-order valence-electron chi connectivity index (χ2n) is 2.17. The normalized spacial score (nSPS) is 9.50. The maximum atomic E-state index is 10.9. The van der Waals surface area contributed by atoms with Crippen molar-refractivity contribution >= 4 is 11.9 Å². The Morgan fingerprint density at radius 1 is 1.75 bits per heavy atom. The van der Waals surface area contributed by atoms with Crippen LogP contribution in [0.5, 0.6) is 0 Å². The molecule has 0 saturated carbocycles. The highest BCUT2D eigenvalue weighted by atomic mass is 16.5. The van der Waals surface area contributed by atoms with Crippen LogP contribution in [0.25, 0.3) is 0 Å². The standard InChI is InChI=1S/C6H8N4O2/c1-3-4(5(11)10-12)2-8-6(7)9-3/h2,12H,1H3,(H,10,11)(H2,7,8,9). The Labute approximate surface area is 68.4 Å². The third kappa shape index (κ3) is 1.48. The largest absolute Gasteiger partial charge is 0.368 e. The van der Waals surface area contributed by atoms with Gasteiger partial charge in [0.2, 0.25) is 5.95 Å². The number of nitrogens with one attached hydrogen (secondary N) is 1. The Morgan fingerprint density at radius 3 is 2.92 bits per heavy atom. The molecule has 0 aliphatic rings. The second-order valence-corrected chi connectivity index (χ2v) is 2.17. The van der Waals surface area contributed by atoms with E-state index in [-0.39, 0.29) is 11.5 Å². The van der Waals surface area contributed by atoms with E-state index in [1.165, 1.54) is 11.7 Å². The number of aryl methyl sites for hydroxylation is 1. The van der Waals surface area contributed by atoms with Crippen molar-refractivity contribution in [1.82, 2.24) is 15.4 Å². The summed E-state index contributed by atoms with van der Waals surface area (Å²) in [6.07, 6.45) is 1.25. The van der Waals surface area contributed by atoms with Gasteiger partial charge in [-0.1, -0.05) is 0 Å². The molecule has 12 heavy (non-hydrogen) atoms. The Bertz CT molecular complexity index is 312. The molecule has 0 saturated heterocycles. The van der Waals surface area contributed by atoms with Gasteiger partial charge >= 0.3 is 0 Å². The minimum absolute atomic E-state index is 0.0991. The molecule has 4 N–H and O–H groups in total. The summed E-state index contributed by atoms with van der Waals surface area (Å²) < 4.78 is 0. The van der Waals surface area contributed by atoms with Crippen molar-refractivity contribution in [1.29, 1.82) is 0 Å². The van der Waals surface area contributed by atoms with Crippen LogP contribution in [0.2, 0.25) is 0 Å². The number of amides is 1. The van der Waals surface area contributed by atoms with Crippen molar-refractivity contribution in [2.45, 2.75) is 6.92 Å². The monoisotopic (exact) mass is 168 g/mol. The topological polar surface area (TPSA) is 101 Å². The summed E-state index contributed by atoms with van der Waals surface area (Å²) in [4.78, 5) is 18.2. The van der Waals surface area contributed by atoms with E-state index in [9.17, 15) is 4.79 Å². The quantitative estimate of drug-likeness (QED) is 0.387. The van der Waals surface area contributed by atoms with Gasteiger partial charge in [0.1, 0.15) is 0 Å². The highest BCUT2D eigenvalue weighted by Gasteiger charge is 2.08. The highest BCUT2D eigenvalue weighted by molar-refractivity contribution is 5.94. The number of hydrogen-bond acceptors (Lipinski definition) is 5. The summed E-state index contributed by atoms with van der Waals surface area (Å²) in [5.41, 5.74) is 7.36. The number of carbonyl (C=O) groups is 1. The van der Waals surface area contributed by atoms with E-state index in [2.05, 4.69) is 9.97 Å². The molecule has 1 aromatic rings. The van der Waals surface area contributed by atoms with Crippen LogP contribution in [0.3, 0.4) is 0 Å². The predicted molar refractivity (Wildman–Crippen MR) is 40.4 cm³/mol. The maximum Gasteiger partial charge on any atom is 0.278 e. The number of nitrogens with zero attached hydrogens (tertiary/aromatic N) is 2. The van der Waals surface area contributed by atoms with Crippen LogP contribution in [0.4, 0.5) is 5.95 Å². The first-order valence-electron chi connectivity index (χ1n) is 3.18. The average Bonchev–Trinajstić information content (AvgIpc) is 2.03. The van der Waals surface area contributed by atoms with E-state index >= 15 is 0 Å². The molecule has 1 amide bonds. The summed E-state index contributed by atoms with van der Waals surface area (Å²) in [5.74, 6) is -0.547. The molecular formula is C6H8N4O2. The fraction of sp³-hybridized carbons (Fsp3) is 0.167. The molecule has 0 radical (unpaired) electrons. The number of nitrogens with two attached hydrogens (primary N) is 1. The lowest BCUT2D eigenvalue weighted by Gasteiger charge is -2.01. The van der Waals surface area contributed by atoms with Gasteiger partial charge in [-0.25, -0.2) is 15.4 Å². The number of rotatable bonds is 1. The van der Waals surface area contributed by atoms with E-state index in [4.69, 9.17) is 10.9 Å². The molecule has 0 aromatic carbocycles. The smallest absolute Gasteiger partial charge is 0.278 e. The third-order valence-electron chi connectivity index (χ3n) is 1.34. The summed E-state index contributed by atoms with van der Waals surface area (Å²) in [5, 5.41) is 8.30. The molecule has 0 unspecified atom stereocenters. The maximum absolute atomic E-state index is 10.9. The lowest BCUT2D eigenvalue weighted by atomic mass is 10.2. The molecule has 0 bridgehead atoms. The third-order valence-corrected chi connectivity index (χ3v) is 1.34. The summed E-state index contributed by atoms with van der Waals surface area (Å²) in [7, 11) is 0. The first-order chi connectivity index (χ1) is 5.65. The van der Waals surface area contributed by atoms with Crippen LogP contribution < -0.4 is 11.2 Å². The van der Waals surface area contributed by atoms with Gasteiger partial charge in [-0.05, 0) is 6.92 Å². The molecule has 0 fully saturated rings. The van der Waals surface area contributed by atoms with E-state index < -0.39 is 5.91 Å². The van der Waals surface area contributed by atoms with Crippen molar-refractivity contribution in [3.63, 3.8) is 0 Å². The Morgan fingerprint density at radius 2 is 2.42 bits per heavy atom. The van der Waals surface area contributed by atoms with E-state index in [1.807, 2.05) is 0 Å². The average molecular weight is 168 g/mol. The van der Waals surface area contributed by atoms with Crippen LogP contribution in [-0.4, -0.2) is 21.1 Å². The summed E-state index contributed by atoms with van der Waals surface area (Å²) in [6, 6.07) is 0. The zero-order valence-corrected chi connectivity index (χ0v) is 6.40. The van der Waals surface area contributed by atoms with Crippen LogP contribution >= 0.6 is 0 Å². The summed E-state index contributed by atoms with van der Waals surface area (Å²) in [6.45, 7) is 1.60. The van der Waals surface area contributed by atoms with Gasteiger partial charge < -0.3 is 5.73 Å². The fourth-order valence-electron chi connectivity index (χ4n) is 0.768. The molecule has 1 aromatic heterocycles. The molecular weight excluding hydrogens is 160 g/mol. The predicted octanol–water partition coefficient (Wildman–Crippen LogP) is -0.514. The molecule has 0 aliphatic carbocycles. The number of carbonyl (C=O) groups excluding carboxylic acids is 1. The van der Waals surface area contributed by atoms with E-state index in [0.717, 1.165) is 0 Å². The van der Waals surface area contributed by atoms with Gasteiger partial charge in [0, 0.05) is 6.20 Å². The Kier molecular flexibility index (Phi) is 2.20. The van der Waals surface area contributed by atoms with Gasteiger partial charge in [0.25, 0.3) is 5.91 Å². The van der Waals surface area contributed by atoms with Gasteiger partial charge in [-0.15, -0.1) is 0 Å². The lowest BCUT2D eigenvalue weighted by molar-refractivity contribution is 0.0704. The van der Waals surface area contributed by atoms with Crippen molar-refractivity contribution in [3.8, 4) is 0 Å².